The fourth-order valence-corrected chi connectivity index (χ4v) is 2.77. The number of carbonyl (C=O) groups is 2. The molecule has 1 aliphatic rings. The fourth-order valence-electron chi connectivity index (χ4n) is 2.61. The third kappa shape index (κ3) is 3.61. The van der Waals surface area contributed by atoms with Crippen molar-refractivity contribution in [3.8, 4) is 5.75 Å². The third-order valence-electron chi connectivity index (χ3n) is 3.81. The predicted octanol–water partition coefficient (Wildman–Crippen LogP) is 3.59. The van der Waals surface area contributed by atoms with Crippen LogP contribution in [0.5, 0.6) is 5.75 Å². The van der Waals surface area contributed by atoms with Crippen LogP contribution in [0.1, 0.15) is 23.2 Å². The number of esters is 1. The normalized spacial score (nSPS) is 13.8. The SMILES string of the molecule is O=C(Oc1ccc(N2CCCC2=O)cc1)c1ccc(Cl)cc1[N+](=O)[O-]. The van der Waals surface area contributed by atoms with Crippen molar-refractivity contribution in [1.29, 1.82) is 0 Å². The Kier molecular flexibility index (Phi) is 4.67. The summed E-state index contributed by atoms with van der Waals surface area (Å²) in [4.78, 5) is 36.0. The molecule has 128 valence electrons. The van der Waals surface area contributed by atoms with Crippen LogP contribution in [0, 0.1) is 10.1 Å². The summed E-state index contributed by atoms with van der Waals surface area (Å²) in [6.45, 7) is 0.662. The van der Waals surface area contributed by atoms with Gasteiger partial charge >= 0.3 is 5.97 Å². The van der Waals surface area contributed by atoms with Crippen LogP contribution in [0.3, 0.4) is 0 Å². The average Bonchev–Trinajstić information content (AvgIpc) is 3.01. The third-order valence-corrected chi connectivity index (χ3v) is 4.04. The number of anilines is 1. The lowest BCUT2D eigenvalue weighted by atomic mass is 10.2. The Bertz CT molecular complexity index is 851. The second kappa shape index (κ2) is 6.90. The van der Waals surface area contributed by atoms with E-state index in [0.29, 0.717) is 13.0 Å². The molecule has 0 radical (unpaired) electrons. The van der Waals surface area contributed by atoms with Crippen molar-refractivity contribution in [3.63, 3.8) is 0 Å². The summed E-state index contributed by atoms with van der Waals surface area (Å²) in [5.41, 5.74) is 0.116. The Balaban J connectivity index is 1.77. The number of halogens is 1. The van der Waals surface area contributed by atoms with E-state index in [9.17, 15) is 19.7 Å². The lowest BCUT2D eigenvalue weighted by Crippen LogP contribution is -2.23. The number of ether oxygens (including phenoxy) is 1. The van der Waals surface area contributed by atoms with Gasteiger partial charge in [-0.1, -0.05) is 11.6 Å². The summed E-state index contributed by atoms with van der Waals surface area (Å²) in [6, 6.07) is 10.2. The summed E-state index contributed by atoms with van der Waals surface area (Å²) in [5.74, 6) is -0.570. The Morgan fingerprint density at radius 1 is 1.20 bits per heavy atom. The number of hydrogen-bond acceptors (Lipinski definition) is 5. The van der Waals surface area contributed by atoms with Crippen LogP contribution in [0.4, 0.5) is 11.4 Å². The van der Waals surface area contributed by atoms with E-state index in [1.165, 1.54) is 12.1 Å². The molecule has 8 heteroatoms. The van der Waals surface area contributed by atoms with Crippen LogP contribution in [0.2, 0.25) is 5.02 Å². The van der Waals surface area contributed by atoms with Gasteiger partial charge in [0.25, 0.3) is 5.69 Å². The lowest BCUT2D eigenvalue weighted by Gasteiger charge is -2.15. The predicted molar refractivity (Wildman–Crippen MR) is 91.1 cm³/mol. The van der Waals surface area contributed by atoms with E-state index in [-0.39, 0.29) is 22.2 Å². The van der Waals surface area contributed by atoms with E-state index in [1.54, 1.807) is 29.2 Å². The van der Waals surface area contributed by atoms with E-state index >= 15 is 0 Å². The van der Waals surface area contributed by atoms with Crippen molar-refractivity contribution in [2.75, 3.05) is 11.4 Å². The van der Waals surface area contributed by atoms with Gasteiger partial charge in [-0.15, -0.1) is 0 Å². The molecule has 1 amide bonds. The molecule has 1 aliphatic heterocycles. The minimum Gasteiger partial charge on any atom is -0.423 e. The Morgan fingerprint density at radius 2 is 1.92 bits per heavy atom. The van der Waals surface area contributed by atoms with E-state index in [4.69, 9.17) is 16.3 Å². The number of nitrogens with zero attached hydrogens (tertiary/aromatic N) is 2. The van der Waals surface area contributed by atoms with Crippen molar-refractivity contribution >= 4 is 34.9 Å². The first-order valence-electron chi connectivity index (χ1n) is 7.52. The summed E-state index contributed by atoms with van der Waals surface area (Å²) < 4.78 is 5.19. The maximum atomic E-state index is 12.2. The molecule has 2 aromatic rings. The Morgan fingerprint density at radius 3 is 2.52 bits per heavy atom. The highest BCUT2D eigenvalue weighted by Gasteiger charge is 2.23. The molecule has 1 fully saturated rings. The molecule has 0 aromatic heterocycles. The molecule has 0 aliphatic carbocycles. The maximum absolute atomic E-state index is 12.2. The topological polar surface area (TPSA) is 89.8 Å². The zero-order valence-electron chi connectivity index (χ0n) is 13.0. The second-order valence-electron chi connectivity index (χ2n) is 5.45. The summed E-state index contributed by atoms with van der Waals surface area (Å²) in [7, 11) is 0. The molecular weight excluding hydrogens is 348 g/mol. The molecule has 25 heavy (non-hydrogen) atoms. The standard InChI is InChI=1S/C17H13ClN2O5/c18-11-3-8-14(15(10-11)20(23)24)17(22)25-13-6-4-12(5-7-13)19-9-1-2-16(19)21/h3-8,10H,1-2,9H2. The van der Waals surface area contributed by atoms with E-state index in [2.05, 4.69) is 0 Å². The van der Waals surface area contributed by atoms with Crippen molar-refractivity contribution in [1.82, 2.24) is 0 Å². The molecule has 1 heterocycles. The molecule has 7 nitrogen and oxygen atoms in total. The highest BCUT2D eigenvalue weighted by atomic mass is 35.5. The van der Waals surface area contributed by atoms with Crippen molar-refractivity contribution in [3.05, 3.63) is 63.2 Å². The molecule has 0 unspecified atom stereocenters. The second-order valence-corrected chi connectivity index (χ2v) is 5.89. The quantitative estimate of drug-likeness (QED) is 0.359. The van der Waals surface area contributed by atoms with Crippen molar-refractivity contribution in [2.45, 2.75) is 12.8 Å². The molecule has 0 saturated carbocycles. The van der Waals surface area contributed by atoms with Crippen LogP contribution in [0.25, 0.3) is 0 Å². The van der Waals surface area contributed by atoms with Crippen molar-refractivity contribution in [2.24, 2.45) is 0 Å². The smallest absolute Gasteiger partial charge is 0.350 e. The molecule has 1 saturated heterocycles. The molecular formula is C17H13ClN2O5. The van der Waals surface area contributed by atoms with Gasteiger partial charge < -0.3 is 9.64 Å². The lowest BCUT2D eigenvalue weighted by molar-refractivity contribution is -0.385. The number of hydrogen-bond donors (Lipinski definition) is 0. The van der Waals surface area contributed by atoms with Crippen LogP contribution in [-0.2, 0) is 4.79 Å². The fraction of sp³-hybridized carbons (Fsp3) is 0.176. The number of benzene rings is 2. The highest BCUT2D eigenvalue weighted by Crippen LogP contribution is 2.27. The van der Waals surface area contributed by atoms with Gasteiger partial charge in [0, 0.05) is 29.7 Å². The van der Waals surface area contributed by atoms with Gasteiger partial charge in [0.15, 0.2) is 0 Å². The number of nitro groups is 1. The first-order chi connectivity index (χ1) is 12.0. The molecule has 3 rings (SSSR count). The molecule has 0 N–H and O–H groups in total. The van der Waals surface area contributed by atoms with Crippen LogP contribution < -0.4 is 9.64 Å². The van der Waals surface area contributed by atoms with Gasteiger partial charge in [-0.2, -0.15) is 0 Å². The molecule has 2 aromatic carbocycles. The zero-order valence-corrected chi connectivity index (χ0v) is 13.7. The summed E-state index contributed by atoms with van der Waals surface area (Å²) >= 11 is 5.73. The number of amides is 1. The molecule has 0 bridgehead atoms. The Labute approximate surface area is 147 Å². The monoisotopic (exact) mass is 360 g/mol. The summed E-state index contributed by atoms with van der Waals surface area (Å²) in [6.07, 6.45) is 1.34. The first kappa shape index (κ1) is 16.9. The van der Waals surface area contributed by atoms with Crippen LogP contribution in [-0.4, -0.2) is 23.3 Å². The minimum absolute atomic E-state index is 0.0570. The Hall–Kier alpha value is -2.93. The van der Waals surface area contributed by atoms with Crippen LogP contribution in [0.15, 0.2) is 42.5 Å². The summed E-state index contributed by atoms with van der Waals surface area (Å²) in [5, 5.41) is 11.2. The van der Waals surface area contributed by atoms with Gasteiger partial charge in [0.1, 0.15) is 11.3 Å². The number of rotatable bonds is 4. The van der Waals surface area contributed by atoms with E-state index in [1.807, 2.05) is 0 Å². The van der Waals surface area contributed by atoms with Gasteiger partial charge in [-0.25, -0.2) is 4.79 Å². The molecule has 0 atom stereocenters. The maximum Gasteiger partial charge on any atom is 0.350 e. The average molecular weight is 361 g/mol. The first-order valence-corrected chi connectivity index (χ1v) is 7.90. The number of carbonyl (C=O) groups excluding carboxylic acids is 2. The molecule has 0 spiro atoms. The van der Waals surface area contributed by atoms with Gasteiger partial charge in [0.05, 0.1) is 4.92 Å². The number of nitro benzene ring substituents is 1. The zero-order chi connectivity index (χ0) is 18.0. The van der Waals surface area contributed by atoms with Gasteiger partial charge in [0.2, 0.25) is 5.91 Å². The van der Waals surface area contributed by atoms with Gasteiger partial charge in [-0.3, -0.25) is 14.9 Å². The van der Waals surface area contributed by atoms with Crippen molar-refractivity contribution < 1.29 is 19.2 Å². The van der Waals surface area contributed by atoms with E-state index < -0.39 is 16.6 Å². The van der Waals surface area contributed by atoms with Gasteiger partial charge in [-0.05, 0) is 42.8 Å². The van der Waals surface area contributed by atoms with E-state index in [0.717, 1.165) is 18.2 Å². The minimum atomic E-state index is -0.853. The van der Waals surface area contributed by atoms with Crippen LogP contribution >= 0.6 is 11.6 Å². The largest absolute Gasteiger partial charge is 0.423 e. The highest BCUT2D eigenvalue weighted by molar-refractivity contribution is 6.31.